The highest BCUT2D eigenvalue weighted by Gasteiger charge is 2.30. The van der Waals surface area contributed by atoms with E-state index < -0.39 is 0 Å². The van der Waals surface area contributed by atoms with E-state index in [4.69, 9.17) is 0 Å². The molecule has 1 fully saturated rings. The average molecular weight is 422 g/mol. The van der Waals surface area contributed by atoms with E-state index in [0.29, 0.717) is 18.2 Å². The maximum Gasteiger partial charge on any atom is 0.273 e. The molecule has 4 heteroatoms. The number of pyridine rings is 2. The van der Waals surface area contributed by atoms with Gasteiger partial charge in [-0.3, -0.25) is 9.78 Å². The van der Waals surface area contributed by atoms with Crippen molar-refractivity contribution in [2.75, 3.05) is 0 Å². The number of aromatic nitrogens is 2. The van der Waals surface area contributed by atoms with Gasteiger partial charge in [0.25, 0.3) is 5.91 Å². The first-order chi connectivity index (χ1) is 15.8. The van der Waals surface area contributed by atoms with Crippen molar-refractivity contribution >= 4 is 16.8 Å². The minimum Gasteiger partial charge on any atom is -0.330 e. The number of benzene rings is 2. The minimum atomic E-state index is 0.00256. The molecule has 2 heterocycles. The van der Waals surface area contributed by atoms with Crippen LogP contribution in [0, 0.1) is 0 Å². The molecule has 1 aliphatic rings. The number of nitrogens with zero attached hydrogens (tertiary/aromatic N) is 3. The van der Waals surface area contributed by atoms with Crippen LogP contribution >= 0.6 is 0 Å². The first kappa shape index (κ1) is 20.4. The summed E-state index contributed by atoms with van der Waals surface area (Å²) in [7, 11) is 0. The Morgan fingerprint density at radius 1 is 0.844 bits per heavy atom. The van der Waals surface area contributed by atoms with Crippen molar-refractivity contribution in [1.29, 1.82) is 0 Å². The predicted octanol–water partition coefficient (Wildman–Crippen LogP) is 6.00. The Hall–Kier alpha value is -3.53. The number of carbonyl (C=O) groups excluding carboxylic acids is 1. The van der Waals surface area contributed by atoms with E-state index in [1.807, 2.05) is 59.6 Å². The third-order valence-electron chi connectivity index (χ3n) is 6.56. The van der Waals surface area contributed by atoms with E-state index in [9.17, 15) is 4.79 Å². The monoisotopic (exact) mass is 421 g/mol. The SMILES string of the molecule is O=C(c1ccc2ccccc2n1)N(Cc1cccnc1)C1CCC(c2ccccc2)CC1. The molecule has 0 bridgehead atoms. The standard InChI is InChI=1S/C28H27N3O/c32-28(27-17-14-24-10-4-5-11-26(24)30-27)31(20-21-7-6-18-29-19-21)25-15-12-23(13-16-25)22-8-2-1-3-9-22/h1-11,14,17-19,23,25H,12-13,15-16,20H2. The van der Waals surface area contributed by atoms with Gasteiger partial charge in [0.1, 0.15) is 5.69 Å². The Bertz CT molecular complexity index is 1180. The summed E-state index contributed by atoms with van der Waals surface area (Å²) in [5.41, 5.74) is 3.82. The smallest absolute Gasteiger partial charge is 0.273 e. The van der Waals surface area contributed by atoms with Crippen LogP contribution in [0.1, 0.15) is 53.2 Å². The zero-order chi connectivity index (χ0) is 21.8. The Kier molecular flexibility index (Phi) is 5.93. The Balaban J connectivity index is 1.39. The molecule has 1 amide bonds. The van der Waals surface area contributed by atoms with E-state index in [0.717, 1.165) is 42.1 Å². The number of hydrogen-bond acceptors (Lipinski definition) is 3. The fourth-order valence-corrected chi connectivity index (χ4v) is 4.83. The molecule has 4 aromatic rings. The summed E-state index contributed by atoms with van der Waals surface area (Å²) in [5.74, 6) is 0.573. The molecule has 32 heavy (non-hydrogen) atoms. The first-order valence-corrected chi connectivity index (χ1v) is 11.4. The number of para-hydroxylation sites is 1. The Labute approximate surface area is 189 Å². The van der Waals surface area contributed by atoms with Crippen molar-refractivity contribution in [3.8, 4) is 0 Å². The Morgan fingerprint density at radius 3 is 2.41 bits per heavy atom. The first-order valence-electron chi connectivity index (χ1n) is 11.4. The molecule has 4 nitrogen and oxygen atoms in total. The van der Waals surface area contributed by atoms with Gasteiger partial charge in [0.15, 0.2) is 0 Å². The lowest BCUT2D eigenvalue weighted by Crippen LogP contribution is -2.42. The van der Waals surface area contributed by atoms with Gasteiger partial charge in [-0.05, 0) is 60.9 Å². The van der Waals surface area contributed by atoms with Gasteiger partial charge < -0.3 is 4.90 Å². The highest BCUT2D eigenvalue weighted by Crippen LogP contribution is 2.35. The van der Waals surface area contributed by atoms with Crippen molar-refractivity contribution in [2.24, 2.45) is 0 Å². The van der Waals surface area contributed by atoms with Crippen molar-refractivity contribution < 1.29 is 4.79 Å². The van der Waals surface area contributed by atoms with E-state index in [-0.39, 0.29) is 11.9 Å². The fraction of sp³-hybridized carbons (Fsp3) is 0.250. The zero-order valence-corrected chi connectivity index (χ0v) is 18.1. The summed E-state index contributed by atoms with van der Waals surface area (Å²) in [6.07, 6.45) is 7.81. The molecule has 2 aromatic carbocycles. The van der Waals surface area contributed by atoms with Crippen LogP contribution in [-0.2, 0) is 6.54 Å². The van der Waals surface area contributed by atoms with Gasteiger partial charge in [-0.1, -0.05) is 60.7 Å². The van der Waals surface area contributed by atoms with Crippen molar-refractivity contribution in [1.82, 2.24) is 14.9 Å². The summed E-state index contributed by atoms with van der Waals surface area (Å²) in [6.45, 7) is 0.557. The second-order valence-corrected chi connectivity index (χ2v) is 8.60. The number of carbonyl (C=O) groups is 1. The van der Waals surface area contributed by atoms with Gasteiger partial charge in [0, 0.05) is 30.4 Å². The molecule has 2 aromatic heterocycles. The Morgan fingerprint density at radius 2 is 1.62 bits per heavy atom. The number of rotatable bonds is 5. The maximum absolute atomic E-state index is 13.7. The molecule has 0 unspecified atom stereocenters. The molecule has 0 N–H and O–H groups in total. The number of hydrogen-bond donors (Lipinski definition) is 0. The third-order valence-corrected chi connectivity index (χ3v) is 6.56. The summed E-state index contributed by atoms with van der Waals surface area (Å²) in [4.78, 5) is 24.7. The lowest BCUT2D eigenvalue weighted by atomic mass is 9.81. The van der Waals surface area contributed by atoms with Crippen LogP contribution in [0.25, 0.3) is 10.9 Å². The molecule has 5 rings (SSSR count). The van der Waals surface area contributed by atoms with Gasteiger partial charge >= 0.3 is 0 Å². The maximum atomic E-state index is 13.7. The molecule has 1 saturated carbocycles. The molecule has 0 radical (unpaired) electrons. The summed E-state index contributed by atoms with van der Waals surface area (Å²) >= 11 is 0. The van der Waals surface area contributed by atoms with Crippen molar-refractivity contribution in [3.63, 3.8) is 0 Å². The zero-order valence-electron chi connectivity index (χ0n) is 18.1. The second kappa shape index (κ2) is 9.31. The molecular weight excluding hydrogens is 394 g/mol. The van der Waals surface area contributed by atoms with Gasteiger partial charge in [0.05, 0.1) is 5.52 Å². The summed E-state index contributed by atoms with van der Waals surface area (Å²) < 4.78 is 0. The molecule has 0 saturated heterocycles. The molecule has 160 valence electrons. The van der Waals surface area contributed by atoms with E-state index in [1.54, 1.807) is 6.20 Å². The van der Waals surface area contributed by atoms with Crippen molar-refractivity contribution in [3.05, 3.63) is 108 Å². The predicted molar refractivity (Wildman–Crippen MR) is 127 cm³/mol. The molecule has 1 aliphatic carbocycles. The highest BCUT2D eigenvalue weighted by atomic mass is 16.2. The van der Waals surface area contributed by atoms with Crippen LogP contribution in [0.4, 0.5) is 0 Å². The van der Waals surface area contributed by atoms with E-state index in [1.165, 1.54) is 5.56 Å². The molecule has 0 aliphatic heterocycles. The van der Waals surface area contributed by atoms with Crippen LogP contribution in [0.3, 0.4) is 0 Å². The lowest BCUT2D eigenvalue weighted by molar-refractivity contribution is 0.0599. The van der Waals surface area contributed by atoms with Crippen LogP contribution < -0.4 is 0 Å². The quantitative estimate of drug-likeness (QED) is 0.397. The fourth-order valence-electron chi connectivity index (χ4n) is 4.83. The van der Waals surface area contributed by atoms with Crippen molar-refractivity contribution in [2.45, 2.75) is 44.2 Å². The van der Waals surface area contributed by atoms with Crippen LogP contribution in [0.2, 0.25) is 0 Å². The average Bonchev–Trinajstić information content (AvgIpc) is 2.88. The van der Waals surface area contributed by atoms with E-state index >= 15 is 0 Å². The molecule has 0 atom stereocenters. The summed E-state index contributed by atoms with van der Waals surface area (Å²) in [6, 6.07) is 26.7. The highest BCUT2D eigenvalue weighted by molar-refractivity contribution is 5.95. The lowest BCUT2D eigenvalue weighted by Gasteiger charge is -2.37. The second-order valence-electron chi connectivity index (χ2n) is 8.60. The van der Waals surface area contributed by atoms with Gasteiger partial charge in [-0.15, -0.1) is 0 Å². The normalized spacial score (nSPS) is 18.4. The number of fused-ring (bicyclic) bond motifs is 1. The van der Waals surface area contributed by atoms with Crippen LogP contribution in [0.15, 0.2) is 91.3 Å². The van der Waals surface area contributed by atoms with Gasteiger partial charge in [-0.2, -0.15) is 0 Å². The van der Waals surface area contributed by atoms with Crippen LogP contribution in [-0.4, -0.2) is 26.8 Å². The van der Waals surface area contributed by atoms with Crippen LogP contribution in [0.5, 0.6) is 0 Å². The molecule has 0 spiro atoms. The van der Waals surface area contributed by atoms with Gasteiger partial charge in [0.2, 0.25) is 0 Å². The van der Waals surface area contributed by atoms with Gasteiger partial charge in [-0.25, -0.2) is 4.98 Å². The third kappa shape index (κ3) is 4.40. The molecular formula is C28H27N3O. The number of amides is 1. The minimum absolute atomic E-state index is 0.00256. The summed E-state index contributed by atoms with van der Waals surface area (Å²) in [5, 5.41) is 1.05. The topological polar surface area (TPSA) is 46.1 Å². The van der Waals surface area contributed by atoms with E-state index in [2.05, 4.69) is 40.3 Å². The largest absolute Gasteiger partial charge is 0.330 e.